The zero-order valence-corrected chi connectivity index (χ0v) is 13.1. The quantitative estimate of drug-likeness (QED) is 0.692. The normalized spacial score (nSPS) is 19.6. The Morgan fingerprint density at radius 3 is 2.76 bits per heavy atom. The highest BCUT2D eigenvalue weighted by molar-refractivity contribution is 5.28. The first-order valence-corrected chi connectivity index (χ1v) is 8.32. The van der Waals surface area contributed by atoms with Crippen molar-refractivity contribution in [1.82, 2.24) is 0 Å². The second kappa shape index (κ2) is 9.06. The molecule has 1 heterocycles. The van der Waals surface area contributed by atoms with Gasteiger partial charge in [-0.3, -0.25) is 0 Å². The average molecular weight is 292 g/mol. The largest absolute Gasteiger partial charge is 0.494 e. The lowest BCUT2D eigenvalue weighted by molar-refractivity contribution is 0.0944. The Morgan fingerprint density at radius 2 is 2.10 bits per heavy atom. The first kappa shape index (κ1) is 16.3. The molecule has 1 fully saturated rings. The summed E-state index contributed by atoms with van der Waals surface area (Å²) in [7, 11) is 0. The summed E-state index contributed by atoms with van der Waals surface area (Å²) in [6, 6.07) is 7.85. The number of hydrogen-bond donors (Lipinski definition) is 1. The highest BCUT2D eigenvalue weighted by atomic mass is 16.5. The molecule has 0 aromatic heterocycles. The van der Waals surface area contributed by atoms with Crippen molar-refractivity contribution in [3.8, 4) is 5.75 Å². The third-order valence-corrected chi connectivity index (χ3v) is 4.06. The van der Waals surface area contributed by atoms with Crippen LogP contribution in [-0.2, 0) is 4.74 Å². The molecule has 2 atom stereocenters. The monoisotopic (exact) mass is 292 g/mol. The van der Waals surface area contributed by atoms with Gasteiger partial charge in [-0.15, -0.1) is 0 Å². The molecule has 0 saturated carbocycles. The number of unbranched alkanes of at least 4 members (excludes halogenated alkanes) is 1. The number of ether oxygens (including phenoxy) is 2. The third-order valence-electron chi connectivity index (χ3n) is 4.06. The lowest BCUT2D eigenvalue weighted by Crippen LogP contribution is -2.06. The van der Waals surface area contributed by atoms with E-state index in [0.717, 1.165) is 56.6 Å². The van der Waals surface area contributed by atoms with E-state index in [1.807, 2.05) is 24.3 Å². The molecular weight excluding hydrogens is 264 g/mol. The Kier molecular flexibility index (Phi) is 7.04. The Bertz CT molecular complexity index is 382. The summed E-state index contributed by atoms with van der Waals surface area (Å²) >= 11 is 0. The van der Waals surface area contributed by atoms with Gasteiger partial charge in [-0.2, -0.15) is 0 Å². The summed E-state index contributed by atoms with van der Waals surface area (Å²) < 4.78 is 11.2. The van der Waals surface area contributed by atoms with Crippen LogP contribution < -0.4 is 4.74 Å². The minimum atomic E-state index is -0.379. The Balaban J connectivity index is 1.69. The molecule has 1 N–H and O–H groups in total. The van der Waals surface area contributed by atoms with E-state index in [1.165, 1.54) is 12.8 Å². The zero-order chi connectivity index (χ0) is 14.9. The average Bonchev–Trinajstić information content (AvgIpc) is 3.01. The van der Waals surface area contributed by atoms with Gasteiger partial charge in [-0.25, -0.2) is 0 Å². The summed E-state index contributed by atoms with van der Waals surface area (Å²) in [6.45, 7) is 3.83. The lowest BCUT2D eigenvalue weighted by atomic mass is 10.0. The molecule has 2 rings (SSSR count). The molecule has 1 aliphatic rings. The second-order valence-electron chi connectivity index (χ2n) is 5.85. The van der Waals surface area contributed by atoms with Crippen LogP contribution in [0, 0.1) is 0 Å². The number of rotatable bonds is 9. The third kappa shape index (κ3) is 5.68. The second-order valence-corrected chi connectivity index (χ2v) is 5.85. The molecule has 0 amide bonds. The van der Waals surface area contributed by atoms with Crippen LogP contribution in [0.4, 0.5) is 0 Å². The van der Waals surface area contributed by atoms with E-state index >= 15 is 0 Å². The van der Waals surface area contributed by atoms with E-state index in [-0.39, 0.29) is 6.10 Å². The summed E-state index contributed by atoms with van der Waals surface area (Å²) in [5.41, 5.74) is 0.977. The lowest BCUT2D eigenvalue weighted by Gasteiger charge is -2.14. The molecule has 0 spiro atoms. The summed E-state index contributed by atoms with van der Waals surface area (Å²) in [6.07, 6.45) is 7.51. The van der Waals surface area contributed by atoms with E-state index in [9.17, 15) is 5.11 Å². The first-order chi connectivity index (χ1) is 10.3. The van der Waals surface area contributed by atoms with Crippen molar-refractivity contribution in [2.24, 2.45) is 0 Å². The molecule has 1 saturated heterocycles. The molecule has 21 heavy (non-hydrogen) atoms. The molecule has 2 unspecified atom stereocenters. The van der Waals surface area contributed by atoms with Crippen LogP contribution in [0.5, 0.6) is 5.75 Å². The first-order valence-electron chi connectivity index (χ1n) is 8.32. The van der Waals surface area contributed by atoms with E-state index in [0.29, 0.717) is 6.10 Å². The van der Waals surface area contributed by atoms with Crippen molar-refractivity contribution in [2.75, 3.05) is 13.2 Å². The van der Waals surface area contributed by atoms with Crippen LogP contribution in [0.25, 0.3) is 0 Å². The molecule has 3 heteroatoms. The molecule has 0 radical (unpaired) electrons. The zero-order valence-electron chi connectivity index (χ0n) is 13.1. The van der Waals surface area contributed by atoms with Crippen molar-refractivity contribution in [1.29, 1.82) is 0 Å². The molecule has 3 nitrogen and oxygen atoms in total. The van der Waals surface area contributed by atoms with Gasteiger partial charge in [-0.05, 0) is 56.2 Å². The van der Waals surface area contributed by atoms with Crippen LogP contribution in [0.15, 0.2) is 24.3 Å². The maximum Gasteiger partial charge on any atom is 0.119 e. The molecule has 118 valence electrons. The van der Waals surface area contributed by atoms with Crippen LogP contribution >= 0.6 is 0 Å². The van der Waals surface area contributed by atoms with E-state index in [2.05, 4.69) is 6.92 Å². The van der Waals surface area contributed by atoms with Crippen molar-refractivity contribution in [2.45, 2.75) is 64.1 Å². The fourth-order valence-corrected chi connectivity index (χ4v) is 2.70. The molecule has 1 aliphatic heterocycles. The number of aliphatic hydroxyl groups excluding tert-OH is 1. The summed E-state index contributed by atoms with van der Waals surface area (Å²) in [5, 5.41) is 10.2. The highest BCUT2D eigenvalue weighted by Gasteiger charge is 2.16. The van der Waals surface area contributed by atoms with Gasteiger partial charge < -0.3 is 14.6 Å². The van der Waals surface area contributed by atoms with Crippen LogP contribution in [-0.4, -0.2) is 24.4 Å². The number of aliphatic hydroxyl groups is 1. The van der Waals surface area contributed by atoms with Crippen LogP contribution in [0.3, 0.4) is 0 Å². The van der Waals surface area contributed by atoms with Gasteiger partial charge in [0.2, 0.25) is 0 Å². The van der Waals surface area contributed by atoms with E-state index in [4.69, 9.17) is 9.47 Å². The van der Waals surface area contributed by atoms with Crippen molar-refractivity contribution in [3.63, 3.8) is 0 Å². The fourth-order valence-electron chi connectivity index (χ4n) is 2.70. The van der Waals surface area contributed by atoms with Gasteiger partial charge >= 0.3 is 0 Å². The van der Waals surface area contributed by atoms with Gasteiger partial charge in [-0.1, -0.05) is 25.5 Å². The number of hydrogen-bond acceptors (Lipinski definition) is 3. The number of benzene rings is 1. The topological polar surface area (TPSA) is 38.7 Å². The Labute approximate surface area is 128 Å². The van der Waals surface area contributed by atoms with Crippen molar-refractivity contribution < 1.29 is 14.6 Å². The minimum absolute atomic E-state index is 0.379. The smallest absolute Gasteiger partial charge is 0.119 e. The van der Waals surface area contributed by atoms with Gasteiger partial charge in [0.25, 0.3) is 0 Å². The summed E-state index contributed by atoms with van der Waals surface area (Å²) in [5.74, 6) is 0.888. The minimum Gasteiger partial charge on any atom is -0.494 e. The highest BCUT2D eigenvalue weighted by Crippen LogP contribution is 2.24. The summed E-state index contributed by atoms with van der Waals surface area (Å²) in [4.78, 5) is 0. The van der Waals surface area contributed by atoms with Crippen LogP contribution in [0.1, 0.15) is 63.5 Å². The van der Waals surface area contributed by atoms with Crippen LogP contribution in [0.2, 0.25) is 0 Å². The van der Waals surface area contributed by atoms with E-state index < -0.39 is 0 Å². The Hall–Kier alpha value is -1.06. The van der Waals surface area contributed by atoms with Gasteiger partial charge in [0.15, 0.2) is 0 Å². The van der Waals surface area contributed by atoms with Gasteiger partial charge in [0, 0.05) is 6.61 Å². The molecule has 1 aromatic carbocycles. The van der Waals surface area contributed by atoms with Crippen molar-refractivity contribution >= 4 is 0 Å². The SMILES string of the molecule is CCCCOc1ccc(C(O)CCCC2CCCO2)cc1. The maximum atomic E-state index is 10.2. The van der Waals surface area contributed by atoms with Gasteiger partial charge in [0.1, 0.15) is 5.75 Å². The maximum absolute atomic E-state index is 10.2. The predicted octanol–water partition coefficient (Wildman–Crippen LogP) is 4.25. The molecular formula is C18H28O3. The standard InChI is InChI=1S/C18H28O3/c1-2-3-13-20-17-11-9-15(10-12-17)18(19)8-4-6-16-7-5-14-21-16/h9-12,16,18-19H,2-8,13-14H2,1H3. The van der Waals surface area contributed by atoms with Crippen molar-refractivity contribution in [3.05, 3.63) is 29.8 Å². The Morgan fingerprint density at radius 1 is 1.29 bits per heavy atom. The van der Waals surface area contributed by atoms with E-state index in [1.54, 1.807) is 0 Å². The fraction of sp³-hybridized carbons (Fsp3) is 0.667. The molecule has 0 aliphatic carbocycles. The molecule has 0 bridgehead atoms. The molecule has 1 aromatic rings. The predicted molar refractivity (Wildman–Crippen MR) is 84.6 cm³/mol. The van der Waals surface area contributed by atoms with Gasteiger partial charge in [0.05, 0.1) is 18.8 Å².